The third-order valence-electron chi connectivity index (χ3n) is 4.29. The molecule has 174 valence electrons. The zero-order valence-electron chi connectivity index (χ0n) is 18.9. The monoisotopic (exact) mass is 438 g/mol. The van der Waals surface area contributed by atoms with Crippen molar-refractivity contribution in [1.29, 1.82) is 0 Å². The highest BCUT2D eigenvalue weighted by Gasteiger charge is 2.28. The quantitative estimate of drug-likeness (QED) is 0.478. The number of nitrogens with one attached hydrogen (secondary N) is 1. The molecular weight excluding hydrogens is 404 g/mol. The largest absolute Gasteiger partial charge is 0.497 e. The molecule has 1 aromatic rings. The van der Waals surface area contributed by atoms with Gasteiger partial charge in [0.25, 0.3) is 0 Å². The molecular formula is C22H34N2O7. The summed E-state index contributed by atoms with van der Waals surface area (Å²) in [6, 6.07) is 5.61. The Bertz CT molecular complexity index is 706. The number of hydrogen-bond donors (Lipinski definition) is 2. The van der Waals surface area contributed by atoms with Crippen molar-refractivity contribution in [3.63, 3.8) is 0 Å². The van der Waals surface area contributed by atoms with Crippen LogP contribution < -0.4 is 10.1 Å². The maximum atomic E-state index is 12.9. The van der Waals surface area contributed by atoms with Crippen LogP contribution in [0.1, 0.15) is 33.3 Å². The van der Waals surface area contributed by atoms with Crippen LogP contribution in [0.5, 0.6) is 5.75 Å². The van der Waals surface area contributed by atoms with E-state index in [1.54, 1.807) is 45.2 Å². The molecule has 0 bridgehead atoms. The molecule has 0 radical (unpaired) electrons. The van der Waals surface area contributed by atoms with Gasteiger partial charge in [-0.3, -0.25) is 0 Å². The summed E-state index contributed by atoms with van der Waals surface area (Å²) in [5.41, 5.74) is 0.807. The Balaban J connectivity index is 2.96. The molecule has 31 heavy (non-hydrogen) atoms. The van der Waals surface area contributed by atoms with Crippen molar-refractivity contribution >= 4 is 18.0 Å². The molecule has 0 heterocycles. The minimum absolute atomic E-state index is 0.0720. The van der Waals surface area contributed by atoms with Crippen molar-refractivity contribution in [3.8, 4) is 5.75 Å². The lowest BCUT2D eigenvalue weighted by molar-refractivity contribution is -0.153. The van der Waals surface area contributed by atoms with E-state index in [1.807, 2.05) is 13.8 Å². The molecule has 0 aliphatic carbocycles. The summed E-state index contributed by atoms with van der Waals surface area (Å²) in [6.45, 7) is 7.44. The standard InChI is InChI=1S/C22H34N2O7/c1-6-30-20(26)18(12-16-8-10-17(29-5)11-9-16)23-22(28)24(13-15(3)4)14-19(25)21(27)31-7-2/h8-11,15,18-19,25H,6-7,12-14H2,1-5H3,(H,23,28)/t18-,19?/m0/s1. The second kappa shape index (κ2) is 13.5. The minimum Gasteiger partial charge on any atom is -0.497 e. The normalized spacial score (nSPS) is 12.6. The number of amides is 2. The second-order valence-corrected chi connectivity index (χ2v) is 7.37. The molecule has 0 aliphatic rings. The number of ether oxygens (including phenoxy) is 3. The number of nitrogens with zero attached hydrogens (tertiary/aromatic N) is 1. The number of carbonyl (C=O) groups excluding carboxylic acids is 3. The van der Waals surface area contributed by atoms with E-state index in [0.29, 0.717) is 5.75 Å². The van der Waals surface area contributed by atoms with Crippen molar-refractivity contribution in [2.45, 2.75) is 46.3 Å². The van der Waals surface area contributed by atoms with Gasteiger partial charge in [-0.25, -0.2) is 14.4 Å². The van der Waals surface area contributed by atoms with E-state index in [9.17, 15) is 19.5 Å². The highest BCUT2D eigenvalue weighted by Crippen LogP contribution is 2.14. The zero-order chi connectivity index (χ0) is 23.4. The Hall–Kier alpha value is -2.81. The Morgan fingerprint density at radius 1 is 1.00 bits per heavy atom. The van der Waals surface area contributed by atoms with Crippen molar-refractivity contribution in [3.05, 3.63) is 29.8 Å². The molecule has 0 spiro atoms. The first-order valence-electron chi connectivity index (χ1n) is 10.4. The van der Waals surface area contributed by atoms with Crippen molar-refractivity contribution in [2.75, 3.05) is 33.4 Å². The van der Waals surface area contributed by atoms with E-state index in [-0.39, 0.29) is 38.6 Å². The van der Waals surface area contributed by atoms with Crippen LogP contribution in [-0.2, 0) is 25.5 Å². The van der Waals surface area contributed by atoms with Crippen LogP contribution in [0.15, 0.2) is 24.3 Å². The first-order chi connectivity index (χ1) is 14.7. The molecule has 2 atom stereocenters. The first kappa shape index (κ1) is 26.2. The predicted octanol–water partition coefficient (Wildman–Crippen LogP) is 1.76. The average molecular weight is 439 g/mol. The van der Waals surface area contributed by atoms with E-state index < -0.39 is 30.1 Å². The fourth-order valence-corrected chi connectivity index (χ4v) is 2.88. The summed E-state index contributed by atoms with van der Waals surface area (Å²) in [7, 11) is 1.56. The molecule has 0 aliphatic heterocycles. The molecule has 1 rings (SSSR count). The van der Waals surface area contributed by atoms with Gasteiger partial charge in [0.05, 0.1) is 26.9 Å². The number of esters is 2. The Kier molecular flexibility index (Phi) is 11.4. The number of urea groups is 1. The lowest BCUT2D eigenvalue weighted by atomic mass is 10.1. The maximum Gasteiger partial charge on any atom is 0.336 e. The van der Waals surface area contributed by atoms with Crippen LogP contribution in [-0.4, -0.2) is 73.5 Å². The molecule has 0 aromatic heterocycles. The Morgan fingerprint density at radius 3 is 2.10 bits per heavy atom. The highest BCUT2D eigenvalue weighted by molar-refractivity contribution is 5.84. The lowest BCUT2D eigenvalue weighted by Crippen LogP contribution is -2.52. The number of benzene rings is 1. The molecule has 9 heteroatoms. The summed E-state index contributed by atoms with van der Waals surface area (Å²) in [4.78, 5) is 38.5. The van der Waals surface area contributed by atoms with Gasteiger partial charge in [0, 0.05) is 13.0 Å². The molecule has 0 fully saturated rings. The molecule has 0 saturated heterocycles. The second-order valence-electron chi connectivity index (χ2n) is 7.37. The number of rotatable bonds is 12. The van der Waals surface area contributed by atoms with Gasteiger partial charge < -0.3 is 29.5 Å². The van der Waals surface area contributed by atoms with Crippen molar-refractivity contribution < 1.29 is 33.7 Å². The molecule has 2 N–H and O–H groups in total. The number of carbonyl (C=O) groups is 3. The zero-order valence-corrected chi connectivity index (χ0v) is 18.9. The molecule has 2 amide bonds. The van der Waals surface area contributed by atoms with E-state index in [4.69, 9.17) is 14.2 Å². The van der Waals surface area contributed by atoms with Gasteiger partial charge in [0.1, 0.15) is 11.8 Å². The summed E-state index contributed by atoms with van der Waals surface area (Å²) in [6.07, 6.45) is -1.27. The van der Waals surface area contributed by atoms with Crippen LogP contribution in [0.3, 0.4) is 0 Å². The van der Waals surface area contributed by atoms with Crippen molar-refractivity contribution in [1.82, 2.24) is 10.2 Å². The van der Waals surface area contributed by atoms with E-state index in [1.165, 1.54) is 4.90 Å². The van der Waals surface area contributed by atoms with Gasteiger partial charge >= 0.3 is 18.0 Å². The topological polar surface area (TPSA) is 114 Å². The van der Waals surface area contributed by atoms with E-state index in [0.717, 1.165) is 5.56 Å². The Morgan fingerprint density at radius 2 is 1.58 bits per heavy atom. The molecule has 1 aromatic carbocycles. The summed E-state index contributed by atoms with van der Waals surface area (Å²) < 4.78 is 15.1. The van der Waals surface area contributed by atoms with Crippen LogP contribution >= 0.6 is 0 Å². The summed E-state index contributed by atoms with van der Waals surface area (Å²) >= 11 is 0. The fourth-order valence-electron chi connectivity index (χ4n) is 2.88. The fraction of sp³-hybridized carbons (Fsp3) is 0.591. The van der Waals surface area contributed by atoms with Crippen LogP contribution in [0.2, 0.25) is 0 Å². The number of hydrogen-bond acceptors (Lipinski definition) is 7. The average Bonchev–Trinajstić information content (AvgIpc) is 2.73. The third-order valence-corrected chi connectivity index (χ3v) is 4.29. The predicted molar refractivity (Wildman–Crippen MR) is 115 cm³/mol. The number of aliphatic hydroxyl groups excluding tert-OH is 1. The molecule has 9 nitrogen and oxygen atoms in total. The smallest absolute Gasteiger partial charge is 0.336 e. The lowest BCUT2D eigenvalue weighted by Gasteiger charge is -2.28. The van der Waals surface area contributed by atoms with Gasteiger partial charge in [0.15, 0.2) is 6.10 Å². The summed E-state index contributed by atoms with van der Waals surface area (Å²) in [5, 5.41) is 12.8. The van der Waals surface area contributed by atoms with E-state index in [2.05, 4.69) is 5.32 Å². The summed E-state index contributed by atoms with van der Waals surface area (Å²) in [5.74, 6) is -0.620. The van der Waals surface area contributed by atoms with Crippen LogP contribution in [0.4, 0.5) is 4.79 Å². The van der Waals surface area contributed by atoms with Crippen LogP contribution in [0, 0.1) is 5.92 Å². The molecule has 1 unspecified atom stereocenters. The van der Waals surface area contributed by atoms with Gasteiger partial charge in [-0.15, -0.1) is 0 Å². The maximum absolute atomic E-state index is 12.9. The minimum atomic E-state index is -1.48. The van der Waals surface area contributed by atoms with Crippen molar-refractivity contribution in [2.24, 2.45) is 5.92 Å². The first-order valence-corrected chi connectivity index (χ1v) is 10.4. The van der Waals surface area contributed by atoms with Crippen LogP contribution in [0.25, 0.3) is 0 Å². The number of aliphatic hydroxyl groups is 1. The van der Waals surface area contributed by atoms with Gasteiger partial charge in [-0.1, -0.05) is 26.0 Å². The number of methoxy groups -OCH3 is 1. The molecule has 0 saturated carbocycles. The Labute approximate surface area is 183 Å². The van der Waals surface area contributed by atoms with E-state index >= 15 is 0 Å². The SMILES string of the molecule is CCOC(=O)C(O)CN(CC(C)C)C(=O)N[C@@H](Cc1ccc(OC)cc1)C(=O)OCC. The third kappa shape index (κ3) is 9.25. The van der Waals surface area contributed by atoms with Gasteiger partial charge in [0.2, 0.25) is 0 Å². The highest BCUT2D eigenvalue weighted by atomic mass is 16.5. The van der Waals surface area contributed by atoms with Gasteiger partial charge in [-0.2, -0.15) is 0 Å². The van der Waals surface area contributed by atoms with Gasteiger partial charge in [-0.05, 0) is 37.5 Å².